The van der Waals surface area contributed by atoms with Crippen LogP contribution >= 0.6 is 11.6 Å². The van der Waals surface area contributed by atoms with E-state index in [4.69, 9.17) is 11.6 Å². The Morgan fingerprint density at radius 3 is 2.62 bits per heavy atom. The fourth-order valence-corrected chi connectivity index (χ4v) is 5.24. The molecule has 202 valence electrons. The SMILES string of the molecule is CC[C@@H](Nc1c(C#N)cnc2c(Cl)cc(N[C@@H](C3=CN(C4CC4)NN3)c3ccc(F)nc3)cc12)c1ccccc1. The molecule has 0 amide bonds. The average molecular weight is 555 g/mol. The van der Waals surface area contributed by atoms with Gasteiger partial charge in [0.1, 0.15) is 6.07 Å². The Kier molecular flexibility index (Phi) is 7.11. The summed E-state index contributed by atoms with van der Waals surface area (Å²) < 4.78 is 13.7. The van der Waals surface area contributed by atoms with Crippen molar-refractivity contribution in [3.63, 3.8) is 0 Å². The minimum Gasteiger partial charge on any atom is -0.377 e. The highest BCUT2D eigenvalue weighted by Crippen LogP contribution is 2.38. The first-order valence-electron chi connectivity index (χ1n) is 13.3. The van der Waals surface area contributed by atoms with Crippen molar-refractivity contribution in [3.8, 4) is 6.07 Å². The van der Waals surface area contributed by atoms with Crippen LogP contribution in [0.15, 0.2) is 78.9 Å². The third-order valence-electron chi connectivity index (χ3n) is 7.23. The first kappa shape index (κ1) is 25.9. The molecular formula is C30H28ClFN8. The van der Waals surface area contributed by atoms with Gasteiger partial charge in [-0.1, -0.05) is 54.9 Å². The minimum absolute atomic E-state index is 0.0142. The summed E-state index contributed by atoms with van der Waals surface area (Å²) in [6, 6.07) is 19.3. The number of rotatable bonds is 9. The van der Waals surface area contributed by atoms with Crippen LogP contribution in [0, 0.1) is 17.3 Å². The molecule has 1 aliphatic heterocycles. The maximum Gasteiger partial charge on any atom is 0.212 e. The molecule has 2 aliphatic rings. The van der Waals surface area contributed by atoms with Crippen LogP contribution in [0.2, 0.25) is 5.02 Å². The highest BCUT2D eigenvalue weighted by molar-refractivity contribution is 6.35. The van der Waals surface area contributed by atoms with E-state index in [0.717, 1.165) is 41.5 Å². The maximum absolute atomic E-state index is 13.7. The van der Waals surface area contributed by atoms with Gasteiger partial charge in [-0.15, -0.1) is 5.53 Å². The van der Waals surface area contributed by atoms with E-state index in [1.54, 1.807) is 12.3 Å². The highest BCUT2D eigenvalue weighted by Gasteiger charge is 2.32. The second kappa shape index (κ2) is 11.0. The number of benzene rings is 2. The van der Waals surface area contributed by atoms with Crippen molar-refractivity contribution < 1.29 is 4.39 Å². The van der Waals surface area contributed by atoms with Gasteiger partial charge < -0.3 is 16.1 Å². The fraction of sp³-hybridized carbons (Fsp3) is 0.233. The standard InChI is InChI=1S/C30H28ClFN8/c1-2-25(18-6-4-3-5-7-18)37-28-20(14-33)16-35-30-23(28)12-21(13-24(30)31)36-29(19-8-11-27(32)34-15-19)26-17-40(39-38-26)22-9-10-22/h3-8,11-13,15-17,22,25,29,36,38-39H,2,9-10H2,1H3,(H,35,37)/t25-,29-/m1/s1. The summed E-state index contributed by atoms with van der Waals surface area (Å²) in [7, 11) is 0. The Bertz CT molecular complexity index is 1600. The van der Waals surface area contributed by atoms with Crippen molar-refractivity contribution in [1.82, 2.24) is 25.9 Å². The molecule has 0 unspecified atom stereocenters. The number of fused-ring (bicyclic) bond motifs is 1. The average Bonchev–Trinajstić information content (AvgIpc) is 3.72. The Balaban J connectivity index is 1.41. The van der Waals surface area contributed by atoms with E-state index in [1.165, 1.54) is 12.3 Å². The molecule has 8 nitrogen and oxygen atoms in total. The molecule has 0 bridgehead atoms. The predicted octanol–water partition coefficient (Wildman–Crippen LogP) is 6.34. The summed E-state index contributed by atoms with van der Waals surface area (Å²) in [6.45, 7) is 2.10. The molecular weight excluding hydrogens is 527 g/mol. The third kappa shape index (κ3) is 5.24. The van der Waals surface area contributed by atoms with Crippen LogP contribution in [-0.2, 0) is 0 Å². The molecule has 3 heterocycles. The van der Waals surface area contributed by atoms with Crippen molar-refractivity contribution in [2.75, 3.05) is 10.6 Å². The van der Waals surface area contributed by atoms with Crippen LogP contribution in [0.5, 0.6) is 0 Å². The number of nitrogens with one attached hydrogen (secondary N) is 4. The van der Waals surface area contributed by atoms with Crippen LogP contribution in [0.4, 0.5) is 15.8 Å². The van der Waals surface area contributed by atoms with Gasteiger partial charge in [0.2, 0.25) is 5.95 Å². The lowest BCUT2D eigenvalue weighted by molar-refractivity contribution is 0.260. The lowest BCUT2D eigenvalue weighted by atomic mass is 10.0. The molecule has 40 heavy (non-hydrogen) atoms. The van der Waals surface area contributed by atoms with Gasteiger partial charge in [0.25, 0.3) is 0 Å². The summed E-state index contributed by atoms with van der Waals surface area (Å²) in [4.78, 5) is 8.38. The van der Waals surface area contributed by atoms with Crippen LogP contribution < -0.4 is 21.6 Å². The minimum atomic E-state index is -0.544. The first-order chi connectivity index (χ1) is 19.5. The molecule has 2 atom stereocenters. The Morgan fingerprint density at radius 1 is 1.10 bits per heavy atom. The molecule has 1 saturated carbocycles. The van der Waals surface area contributed by atoms with Crippen LogP contribution in [-0.4, -0.2) is 21.0 Å². The molecule has 1 aliphatic carbocycles. The molecule has 2 aromatic carbocycles. The van der Waals surface area contributed by atoms with Gasteiger partial charge in [0.15, 0.2) is 0 Å². The normalized spacial score (nSPS) is 16.1. The van der Waals surface area contributed by atoms with E-state index in [-0.39, 0.29) is 12.1 Å². The number of hydrazine groups is 2. The van der Waals surface area contributed by atoms with E-state index in [0.29, 0.717) is 33.5 Å². The topological polar surface area (TPSA) is 101 Å². The van der Waals surface area contributed by atoms with Gasteiger partial charge in [0, 0.05) is 35.7 Å². The van der Waals surface area contributed by atoms with E-state index >= 15 is 0 Å². The lowest BCUT2D eigenvalue weighted by Gasteiger charge is -2.23. The molecule has 0 saturated heterocycles. The molecule has 4 aromatic rings. The smallest absolute Gasteiger partial charge is 0.212 e. The third-order valence-corrected chi connectivity index (χ3v) is 7.52. The number of nitrogens with zero attached hydrogens (tertiary/aromatic N) is 4. The maximum atomic E-state index is 13.7. The second-order valence-electron chi connectivity index (χ2n) is 9.98. The Morgan fingerprint density at radius 2 is 1.93 bits per heavy atom. The van der Waals surface area contributed by atoms with Gasteiger partial charge >= 0.3 is 0 Å². The predicted molar refractivity (Wildman–Crippen MR) is 154 cm³/mol. The number of hydrogen-bond acceptors (Lipinski definition) is 8. The molecule has 0 radical (unpaired) electrons. The van der Waals surface area contributed by atoms with Crippen molar-refractivity contribution in [1.29, 1.82) is 5.26 Å². The van der Waals surface area contributed by atoms with E-state index in [1.807, 2.05) is 41.5 Å². The number of anilines is 2. The highest BCUT2D eigenvalue weighted by atomic mass is 35.5. The summed E-state index contributed by atoms with van der Waals surface area (Å²) >= 11 is 6.77. The molecule has 10 heteroatoms. The van der Waals surface area contributed by atoms with Gasteiger partial charge in [-0.05, 0) is 48.6 Å². The lowest BCUT2D eigenvalue weighted by Crippen LogP contribution is -2.38. The summed E-state index contributed by atoms with van der Waals surface area (Å²) in [6.07, 6.45) is 8.16. The van der Waals surface area contributed by atoms with E-state index < -0.39 is 5.95 Å². The van der Waals surface area contributed by atoms with Gasteiger partial charge in [-0.2, -0.15) is 9.65 Å². The molecule has 1 fully saturated rings. The van der Waals surface area contributed by atoms with Crippen LogP contribution in [0.3, 0.4) is 0 Å². The zero-order chi connectivity index (χ0) is 27.6. The quantitative estimate of drug-likeness (QED) is 0.178. The van der Waals surface area contributed by atoms with Crippen molar-refractivity contribution >= 4 is 33.9 Å². The number of aromatic nitrogens is 2. The Hall–Kier alpha value is -4.39. The second-order valence-corrected chi connectivity index (χ2v) is 10.4. The fourth-order valence-electron chi connectivity index (χ4n) is 4.97. The summed E-state index contributed by atoms with van der Waals surface area (Å²) in [5.41, 5.74) is 11.6. The van der Waals surface area contributed by atoms with Gasteiger partial charge in [-0.3, -0.25) is 9.99 Å². The molecule has 0 spiro atoms. The molecule has 6 rings (SSSR count). The van der Waals surface area contributed by atoms with Crippen LogP contribution in [0.25, 0.3) is 10.9 Å². The number of hydrogen-bond donors (Lipinski definition) is 4. The molecule has 4 N–H and O–H groups in total. The first-order valence-corrected chi connectivity index (χ1v) is 13.7. The van der Waals surface area contributed by atoms with Crippen molar-refractivity contribution in [3.05, 3.63) is 107 Å². The monoisotopic (exact) mass is 554 g/mol. The van der Waals surface area contributed by atoms with E-state index in [9.17, 15) is 9.65 Å². The number of pyridine rings is 2. The van der Waals surface area contributed by atoms with Gasteiger partial charge in [-0.25, -0.2) is 4.98 Å². The number of nitriles is 1. The molecule has 2 aromatic heterocycles. The van der Waals surface area contributed by atoms with E-state index in [2.05, 4.69) is 56.7 Å². The largest absolute Gasteiger partial charge is 0.377 e. The summed E-state index contributed by atoms with van der Waals surface area (Å²) in [5, 5.41) is 20.3. The van der Waals surface area contributed by atoms with Crippen molar-refractivity contribution in [2.45, 2.75) is 44.3 Å². The van der Waals surface area contributed by atoms with Crippen LogP contribution in [0.1, 0.15) is 55.0 Å². The van der Waals surface area contributed by atoms with Gasteiger partial charge in [0.05, 0.1) is 39.6 Å². The number of halogens is 2. The Labute approximate surface area is 236 Å². The van der Waals surface area contributed by atoms with Crippen molar-refractivity contribution in [2.24, 2.45) is 0 Å². The summed E-state index contributed by atoms with van der Waals surface area (Å²) in [5.74, 6) is -0.544. The zero-order valence-corrected chi connectivity index (χ0v) is 22.6. The zero-order valence-electron chi connectivity index (χ0n) is 21.8.